The maximum absolute atomic E-state index is 13.0. The summed E-state index contributed by atoms with van der Waals surface area (Å²) in [6.45, 7) is 1.37. The van der Waals surface area contributed by atoms with Gasteiger partial charge in [-0.1, -0.05) is 54.3 Å². The Bertz CT molecular complexity index is 984. The van der Waals surface area contributed by atoms with Crippen LogP contribution in [0.3, 0.4) is 0 Å². The Hall–Kier alpha value is -1.68. The molecular formula is C19H23N3O3S3. The zero-order valence-electron chi connectivity index (χ0n) is 15.9. The van der Waals surface area contributed by atoms with E-state index in [2.05, 4.69) is 0 Å². The van der Waals surface area contributed by atoms with Crippen LogP contribution in [0, 0.1) is 0 Å². The first kappa shape index (κ1) is 21.0. The summed E-state index contributed by atoms with van der Waals surface area (Å²) in [5.41, 5.74) is 0. The summed E-state index contributed by atoms with van der Waals surface area (Å²) in [5, 5.41) is 1.90. The van der Waals surface area contributed by atoms with E-state index in [1.165, 1.54) is 16.1 Å². The Balaban J connectivity index is 1.63. The van der Waals surface area contributed by atoms with E-state index in [0.717, 1.165) is 10.8 Å². The van der Waals surface area contributed by atoms with Crippen LogP contribution in [0.1, 0.15) is 0 Å². The van der Waals surface area contributed by atoms with E-state index < -0.39 is 10.0 Å². The van der Waals surface area contributed by atoms with Crippen molar-refractivity contribution in [2.75, 3.05) is 46.0 Å². The van der Waals surface area contributed by atoms with Crippen LogP contribution in [-0.2, 0) is 14.8 Å². The van der Waals surface area contributed by atoms with Crippen LogP contribution in [0.2, 0.25) is 0 Å². The van der Waals surface area contributed by atoms with Gasteiger partial charge in [0.05, 0.1) is 10.6 Å². The second-order valence-electron chi connectivity index (χ2n) is 6.74. The number of thiocarbonyl (C=S) groups is 1. The summed E-state index contributed by atoms with van der Waals surface area (Å²) in [5.74, 6) is 0.256. The van der Waals surface area contributed by atoms with Gasteiger partial charge in [-0.15, -0.1) is 0 Å². The van der Waals surface area contributed by atoms with Crippen LogP contribution in [0.25, 0.3) is 10.8 Å². The van der Waals surface area contributed by atoms with Crippen molar-refractivity contribution in [1.82, 2.24) is 14.1 Å². The van der Waals surface area contributed by atoms with Gasteiger partial charge in [-0.2, -0.15) is 4.31 Å². The second-order valence-corrected chi connectivity index (χ2v) is 10.3. The lowest BCUT2D eigenvalue weighted by Crippen LogP contribution is -2.51. The summed E-state index contributed by atoms with van der Waals surface area (Å²) < 4.78 is 28.1. The summed E-state index contributed by atoms with van der Waals surface area (Å²) in [4.78, 5) is 16.1. The molecule has 0 bridgehead atoms. The molecule has 1 saturated heterocycles. The molecule has 0 atom stereocenters. The number of carbonyl (C=O) groups excluding carboxylic acids is 1. The highest BCUT2D eigenvalue weighted by Gasteiger charge is 2.30. The van der Waals surface area contributed by atoms with Crippen LogP contribution in [-0.4, -0.2) is 78.8 Å². The van der Waals surface area contributed by atoms with Crippen LogP contribution < -0.4 is 0 Å². The molecular weight excluding hydrogens is 414 g/mol. The van der Waals surface area contributed by atoms with Crippen molar-refractivity contribution in [1.29, 1.82) is 0 Å². The minimum absolute atomic E-state index is 0.0167. The van der Waals surface area contributed by atoms with Gasteiger partial charge in [-0.3, -0.25) is 4.79 Å². The van der Waals surface area contributed by atoms with Gasteiger partial charge in [-0.05, 0) is 22.9 Å². The first-order valence-electron chi connectivity index (χ1n) is 8.90. The van der Waals surface area contributed by atoms with Gasteiger partial charge in [0, 0.05) is 40.3 Å². The van der Waals surface area contributed by atoms with Gasteiger partial charge in [-0.25, -0.2) is 8.42 Å². The Labute approximate surface area is 175 Å². The molecule has 28 heavy (non-hydrogen) atoms. The Morgan fingerprint density at radius 2 is 1.71 bits per heavy atom. The summed E-state index contributed by atoms with van der Waals surface area (Å²) in [6.07, 6.45) is 0. The molecule has 0 radical (unpaired) electrons. The van der Waals surface area contributed by atoms with Crippen LogP contribution in [0.5, 0.6) is 0 Å². The van der Waals surface area contributed by atoms with Gasteiger partial charge in [0.15, 0.2) is 0 Å². The highest BCUT2D eigenvalue weighted by Crippen LogP contribution is 2.23. The lowest BCUT2D eigenvalue weighted by Gasteiger charge is -2.34. The number of amides is 1. The average Bonchev–Trinajstić information content (AvgIpc) is 2.71. The van der Waals surface area contributed by atoms with Crippen molar-refractivity contribution < 1.29 is 13.2 Å². The van der Waals surface area contributed by atoms with Crippen LogP contribution >= 0.6 is 24.0 Å². The second kappa shape index (κ2) is 8.77. The highest BCUT2D eigenvalue weighted by molar-refractivity contribution is 8.23. The monoisotopic (exact) mass is 437 g/mol. The zero-order valence-corrected chi connectivity index (χ0v) is 18.3. The smallest absolute Gasteiger partial charge is 0.243 e. The molecule has 2 aromatic carbocycles. The van der Waals surface area contributed by atoms with Crippen LogP contribution in [0.4, 0.5) is 0 Å². The SMILES string of the molecule is CN(C)C(=S)SCC(=O)N1CCN(S(=O)(=O)c2ccc3ccccc3c2)CC1. The van der Waals surface area contributed by atoms with Gasteiger partial charge in [0.25, 0.3) is 0 Å². The van der Waals surface area contributed by atoms with E-state index in [9.17, 15) is 13.2 Å². The number of hydrogen-bond acceptors (Lipinski definition) is 5. The number of carbonyl (C=O) groups is 1. The fraction of sp³-hybridized carbons (Fsp3) is 0.368. The average molecular weight is 438 g/mol. The molecule has 0 spiro atoms. The number of thioether (sulfide) groups is 1. The first-order valence-corrected chi connectivity index (χ1v) is 11.7. The normalized spacial score (nSPS) is 15.6. The van der Waals surface area contributed by atoms with Gasteiger partial charge < -0.3 is 9.80 Å². The maximum atomic E-state index is 13.0. The summed E-state index contributed by atoms with van der Waals surface area (Å²) in [6, 6.07) is 12.9. The molecule has 1 amide bonds. The maximum Gasteiger partial charge on any atom is 0.243 e. The topological polar surface area (TPSA) is 60.9 Å². The Morgan fingerprint density at radius 3 is 2.36 bits per heavy atom. The van der Waals surface area contributed by atoms with Gasteiger partial charge in [0.1, 0.15) is 4.32 Å². The standard InChI is InChI=1S/C19H23N3O3S3/c1-20(2)19(26)27-14-18(23)21-9-11-22(12-10-21)28(24,25)17-8-7-15-5-3-4-6-16(15)13-17/h3-8,13H,9-12,14H2,1-2H3. The minimum Gasteiger partial charge on any atom is -0.364 e. The van der Waals surface area contributed by atoms with E-state index >= 15 is 0 Å². The molecule has 1 aliphatic rings. The molecule has 150 valence electrons. The zero-order chi connectivity index (χ0) is 20.3. The summed E-state index contributed by atoms with van der Waals surface area (Å²) >= 11 is 6.51. The van der Waals surface area contributed by atoms with Crippen molar-refractivity contribution in [2.24, 2.45) is 0 Å². The Kier molecular flexibility index (Phi) is 6.59. The van der Waals surface area contributed by atoms with Crippen molar-refractivity contribution >= 4 is 55.0 Å². The fourth-order valence-electron chi connectivity index (χ4n) is 3.00. The van der Waals surface area contributed by atoms with E-state index in [0.29, 0.717) is 30.5 Å². The lowest BCUT2D eigenvalue weighted by atomic mass is 10.1. The molecule has 9 heteroatoms. The summed E-state index contributed by atoms with van der Waals surface area (Å²) in [7, 11) is 0.110. The van der Waals surface area contributed by atoms with Crippen molar-refractivity contribution in [3.63, 3.8) is 0 Å². The molecule has 0 N–H and O–H groups in total. The van der Waals surface area contributed by atoms with E-state index in [-0.39, 0.29) is 16.6 Å². The van der Waals surface area contributed by atoms with Crippen molar-refractivity contribution in [3.05, 3.63) is 42.5 Å². The number of rotatable bonds is 4. The number of piperazine rings is 1. The van der Waals surface area contributed by atoms with Crippen LogP contribution in [0.15, 0.2) is 47.4 Å². The van der Waals surface area contributed by atoms with E-state index in [1.807, 2.05) is 44.4 Å². The molecule has 0 saturated carbocycles. The molecule has 1 heterocycles. The highest BCUT2D eigenvalue weighted by atomic mass is 32.2. The number of nitrogens with zero attached hydrogens (tertiary/aromatic N) is 3. The van der Waals surface area contributed by atoms with Crippen molar-refractivity contribution in [3.8, 4) is 0 Å². The molecule has 2 aromatic rings. The molecule has 0 aromatic heterocycles. The fourth-order valence-corrected chi connectivity index (χ4v) is 5.32. The van der Waals surface area contributed by atoms with Crippen molar-refractivity contribution in [2.45, 2.75) is 4.90 Å². The number of benzene rings is 2. The first-order chi connectivity index (χ1) is 13.3. The van der Waals surface area contributed by atoms with Gasteiger partial charge in [0.2, 0.25) is 15.9 Å². The lowest BCUT2D eigenvalue weighted by molar-refractivity contribution is -0.129. The quantitative estimate of drug-likeness (QED) is 0.684. The largest absolute Gasteiger partial charge is 0.364 e. The molecule has 1 aliphatic heterocycles. The Morgan fingerprint density at radius 1 is 1.07 bits per heavy atom. The van der Waals surface area contributed by atoms with Gasteiger partial charge >= 0.3 is 0 Å². The predicted molar refractivity (Wildman–Crippen MR) is 118 cm³/mol. The third kappa shape index (κ3) is 4.65. The van der Waals surface area contributed by atoms with E-state index in [4.69, 9.17) is 12.2 Å². The molecule has 6 nitrogen and oxygen atoms in total. The molecule has 0 unspecified atom stereocenters. The predicted octanol–water partition coefficient (Wildman–Crippen LogP) is 2.25. The number of fused-ring (bicyclic) bond motifs is 1. The minimum atomic E-state index is -3.58. The molecule has 3 rings (SSSR count). The molecule has 0 aliphatic carbocycles. The van der Waals surface area contributed by atoms with E-state index in [1.54, 1.807) is 21.9 Å². The number of hydrogen-bond donors (Lipinski definition) is 0. The third-order valence-corrected chi connectivity index (χ3v) is 8.25. The molecule has 1 fully saturated rings. The number of sulfonamides is 1. The third-order valence-electron chi connectivity index (χ3n) is 4.63.